The molecule has 3 heteroatoms. The first kappa shape index (κ1) is 11.8. The summed E-state index contributed by atoms with van der Waals surface area (Å²) in [5.41, 5.74) is 2.69. The Morgan fingerprint density at radius 3 is 2.53 bits per heavy atom. The highest BCUT2D eigenvalue weighted by atomic mass is 16.5. The largest absolute Gasteiger partial charge is 0.490 e. The van der Waals surface area contributed by atoms with Crippen LogP contribution in [-0.4, -0.2) is 19.5 Å². The van der Waals surface area contributed by atoms with E-state index in [0.29, 0.717) is 18.8 Å². The Hall–Kier alpha value is -2.29. The van der Waals surface area contributed by atoms with Gasteiger partial charge in [0.15, 0.2) is 11.5 Å². The van der Waals surface area contributed by atoms with Crippen LogP contribution in [0.15, 0.2) is 42.5 Å². The Morgan fingerprint density at radius 2 is 1.68 bits per heavy atom. The molecule has 2 aromatic rings. The summed E-state index contributed by atoms with van der Waals surface area (Å²) in [4.78, 5) is 10.8. The van der Waals surface area contributed by atoms with Crippen molar-refractivity contribution in [1.29, 1.82) is 0 Å². The van der Waals surface area contributed by atoms with Gasteiger partial charge < -0.3 is 9.47 Å². The molecule has 0 aromatic heterocycles. The lowest BCUT2D eigenvalue weighted by molar-refractivity contribution is 0.112. The standard InChI is InChI=1S/C16H14O3/c17-11-12-3-1-4-13(9-12)14-5-6-15-16(10-14)19-8-2-7-18-15/h1,3-6,9-11H,2,7-8H2. The van der Waals surface area contributed by atoms with Gasteiger partial charge in [-0.05, 0) is 29.3 Å². The summed E-state index contributed by atoms with van der Waals surface area (Å²) in [6.07, 6.45) is 1.75. The number of ether oxygens (including phenoxy) is 2. The Kier molecular flexibility index (Phi) is 3.19. The molecule has 96 valence electrons. The van der Waals surface area contributed by atoms with E-state index in [1.165, 1.54) is 0 Å². The van der Waals surface area contributed by atoms with Gasteiger partial charge in [-0.3, -0.25) is 4.79 Å². The van der Waals surface area contributed by atoms with E-state index in [9.17, 15) is 4.79 Å². The molecule has 0 unspecified atom stereocenters. The van der Waals surface area contributed by atoms with E-state index in [0.717, 1.165) is 35.3 Å². The molecule has 3 nitrogen and oxygen atoms in total. The lowest BCUT2D eigenvalue weighted by atomic mass is 10.0. The first-order chi connectivity index (χ1) is 9.36. The summed E-state index contributed by atoms with van der Waals surface area (Å²) in [7, 11) is 0. The highest BCUT2D eigenvalue weighted by Gasteiger charge is 2.11. The van der Waals surface area contributed by atoms with Gasteiger partial charge in [0.05, 0.1) is 13.2 Å². The van der Waals surface area contributed by atoms with Crippen LogP contribution in [0.25, 0.3) is 11.1 Å². The summed E-state index contributed by atoms with van der Waals surface area (Å²) in [5, 5.41) is 0. The van der Waals surface area contributed by atoms with Crippen LogP contribution in [0.4, 0.5) is 0 Å². The molecule has 0 saturated heterocycles. The molecule has 0 radical (unpaired) electrons. The van der Waals surface area contributed by atoms with Crippen LogP contribution in [0.2, 0.25) is 0 Å². The minimum absolute atomic E-state index is 0.671. The number of carbonyl (C=O) groups excluding carboxylic acids is 1. The van der Waals surface area contributed by atoms with Gasteiger partial charge >= 0.3 is 0 Å². The van der Waals surface area contributed by atoms with Crippen LogP contribution in [0.1, 0.15) is 16.8 Å². The number of carbonyl (C=O) groups is 1. The van der Waals surface area contributed by atoms with E-state index in [1.807, 2.05) is 36.4 Å². The summed E-state index contributed by atoms with van der Waals surface area (Å²) in [6, 6.07) is 13.4. The minimum atomic E-state index is 0.671. The number of hydrogen-bond donors (Lipinski definition) is 0. The number of rotatable bonds is 2. The smallest absolute Gasteiger partial charge is 0.161 e. The van der Waals surface area contributed by atoms with Gasteiger partial charge in [-0.25, -0.2) is 0 Å². The summed E-state index contributed by atoms with van der Waals surface area (Å²) >= 11 is 0. The van der Waals surface area contributed by atoms with E-state index in [2.05, 4.69) is 0 Å². The van der Waals surface area contributed by atoms with Gasteiger partial charge in [0, 0.05) is 12.0 Å². The summed E-state index contributed by atoms with van der Waals surface area (Å²) < 4.78 is 11.3. The fourth-order valence-electron chi connectivity index (χ4n) is 2.13. The quantitative estimate of drug-likeness (QED) is 0.771. The molecular weight excluding hydrogens is 240 g/mol. The molecule has 0 amide bonds. The fourth-order valence-corrected chi connectivity index (χ4v) is 2.13. The Morgan fingerprint density at radius 1 is 0.895 bits per heavy atom. The first-order valence-electron chi connectivity index (χ1n) is 6.32. The molecule has 3 rings (SSSR count). The number of aldehydes is 1. The second kappa shape index (κ2) is 5.14. The molecule has 0 atom stereocenters. The summed E-state index contributed by atoms with van der Waals surface area (Å²) in [5.74, 6) is 1.55. The monoisotopic (exact) mass is 254 g/mol. The first-order valence-corrected chi connectivity index (χ1v) is 6.32. The normalized spacial score (nSPS) is 13.7. The molecule has 1 aliphatic rings. The van der Waals surface area contributed by atoms with E-state index in [1.54, 1.807) is 6.07 Å². The van der Waals surface area contributed by atoms with Gasteiger partial charge in [0.2, 0.25) is 0 Å². The number of hydrogen-bond acceptors (Lipinski definition) is 3. The third-order valence-corrected chi connectivity index (χ3v) is 3.10. The molecule has 0 spiro atoms. The molecular formula is C16H14O3. The number of fused-ring (bicyclic) bond motifs is 1. The SMILES string of the molecule is O=Cc1cccc(-c2ccc3c(c2)OCCCO3)c1. The van der Waals surface area contributed by atoms with Crippen LogP contribution in [0.3, 0.4) is 0 Å². The molecule has 0 bridgehead atoms. The van der Waals surface area contributed by atoms with Gasteiger partial charge in [0.25, 0.3) is 0 Å². The summed E-state index contributed by atoms with van der Waals surface area (Å²) in [6.45, 7) is 1.36. The maximum Gasteiger partial charge on any atom is 0.161 e. The highest BCUT2D eigenvalue weighted by molar-refractivity contribution is 5.79. The third kappa shape index (κ3) is 2.45. The second-order valence-electron chi connectivity index (χ2n) is 4.46. The molecule has 1 heterocycles. The van der Waals surface area contributed by atoms with Gasteiger partial charge in [-0.15, -0.1) is 0 Å². The fraction of sp³-hybridized carbons (Fsp3) is 0.188. The van der Waals surface area contributed by atoms with E-state index in [-0.39, 0.29) is 0 Å². The van der Waals surface area contributed by atoms with Crippen molar-refractivity contribution in [3.63, 3.8) is 0 Å². The highest BCUT2D eigenvalue weighted by Crippen LogP contribution is 2.34. The zero-order valence-electron chi connectivity index (χ0n) is 10.5. The van der Waals surface area contributed by atoms with E-state index in [4.69, 9.17) is 9.47 Å². The second-order valence-corrected chi connectivity index (χ2v) is 4.46. The van der Waals surface area contributed by atoms with Crippen molar-refractivity contribution in [1.82, 2.24) is 0 Å². The molecule has 0 N–H and O–H groups in total. The van der Waals surface area contributed by atoms with Crippen LogP contribution in [-0.2, 0) is 0 Å². The van der Waals surface area contributed by atoms with Gasteiger partial charge in [0.1, 0.15) is 6.29 Å². The molecule has 19 heavy (non-hydrogen) atoms. The van der Waals surface area contributed by atoms with Crippen molar-refractivity contribution in [3.8, 4) is 22.6 Å². The average Bonchev–Trinajstić information content (AvgIpc) is 2.71. The maximum absolute atomic E-state index is 10.8. The van der Waals surface area contributed by atoms with E-state index >= 15 is 0 Å². The van der Waals surface area contributed by atoms with Crippen molar-refractivity contribution in [2.24, 2.45) is 0 Å². The Labute approximate surface area is 111 Å². The molecule has 0 fully saturated rings. The van der Waals surface area contributed by atoms with E-state index < -0.39 is 0 Å². The van der Waals surface area contributed by atoms with Crippen LogP contribution < -0.4 is 9.47 Å². The van der Waals surface area contributed by atoms with Crippen molar-refractivity contribution >= 4 is 6.29 Å². The lowest BCUT2D eigenvalue weighted by Gasteiger charge is -2.09. The van der Waals surface area contributed by atoms with Crippen LogP contribution in [0, 0.1) is 0 Å². The number of benzene rings is 2. The molecule has 1 aliphatic heterocycles. The molecule has 0 saturated carbocycles. The Bertz CT molecular complexity index is 605. The molecule has 0 aliphatic carbocycles. The van der Waals surface area contributed by atoms with Crippen molar-refractivity contribution in [3.05, 3.63) is 48.0 Å². The molecule has 2 aromatic carbocycles. The zero-order chi connectivity index (χ0) is 13.1. The van der Waals surface area contributed by atoms with Crippen LogP contribution in [0.5, 0.6) is 11.5 Å². The van der Waals surface area contributed by atoms with Gasteiger partial charge in [-0.1, -0.05) is 24.3 Å². The minimum Gasteiger partial charge on any atom is -0.490 e. The van der Waals surface area contributed by atoms with Gasteiger partial charge in [-0.2, -0.15) is 0 Å². The Balaban J connectivity index is 2.01. The zero-order valence-corrected chi connectivity index (χ0v) is 10.5. The van der Waals surface area contributed by atoms with Crippen molar-refractivity contribution < 1.29 is 14.3 Å². The van der Waals surface area contributed by atoms with Crippen molar-refractivity contribution in [2.45, 2.75) is 6.42 Å². The third-order valence-electron chi connectivity index (χ3n) is 3.10. The predicted octanol–water partition coefficient (Wildman–Crippen LogP) is 3.33. The lowest BCUT2D eigenvalue weighted by Crippen LogP contribution is -1.97. The maximum atomic E-state index is 10.8. The van der Waals surface area contributed by atoms with Crippen LogP contribution >= 0.6 is 0 Å². The average molecular weight is 254 g/mol. The topological polar surface area (TPSA) is 35.5 Å². The predicted molar refractivity (Wildman–Crippen MR) is 72.9 cm³/mol. The van der Waals surface area contributed by atoms with Crippen molar-refractivity contribution in [2.75, 3.05) is 13.2 Å².